The number of aliphatic hydroxyl groups is 1. The van der Waals surface area contributed by atoms with Crippen LogP contribution in [0.3, 0.4) is 0 Å². The molecule has 3 aromatic rings. The molecule has 2 atom stereocenters. The highest BCUT2D eigenvalue weighted by Crippen LogP contribution is 2.33. The number of nitrogens with zero attached hydrogens (tertiary/aromatic N) is 2. The van der Waals surface area contributed by atoms with Crippen molar-refractivity contribution in [2.45, 2.75) is 36.9 Å². The second kappa shape index (κ2) is 8.58. The molecular weight excluding hydrogens is 376 g/mol. The molecule has 0 aliphatic rings. The fourth-order valence-electron chi connectivity index (χ4n) is 2.91. The Kier molecular flexibility index (Phi) is 6.16. The standard InChI is InChI=1S/C21H22N2O4S/c1-13(24)12-23-19(25)17-10-9-16(20(26)27-3)11-18(17)22-21(23)28-14(2)15-7-5-4-6-8-15/h4-11,13-14,24H,12H2,1-3H3/t13-,14-/m1/s1. The first-order valence-corrected chi connectivity index (χ1v) is 9.81. The molecule has 0 saturated heterocycles. The van der Waals surface area contributed by atoms with Crippen molar-refractivity contribution in [2.24, 2.45) is 0 Å². The summed E-state index contributed by atoms with van der Waals surface area (Å²) in [5.41, 5.74) is 1.62. The van der Waals surface area contributed by atoms with Crippen molar-refractivity contribution in [3.05, 3.63) is 70.0 Å². The molecule has 0 saturated carbocycles. The number of hydrogen-bond acceptors (Lipinski definition) is 6. The van der Waals surface area contributed by atoms with Crippen LogP contribution in [0, 0.1) is 0 Å². The van der Waals surface area contributed by atoms with Gasteiger partial charge in [0.25, 0.3) is 5.56 Å². The molecule has 0 radical (unpaired) electrons. The Hall–Kier alpha value is -2.64. The maximum atomic E-state index is 13.0. The van der Waals surface area contributed by atoms with Crippen LogP contribution in [0.25, 0.3) is 10.9 Å². The second-order valence-electron chi connectivity index (χ2n) is 6.55. The highest BCUT2D eigenvalue weighted by Gasteiger charge is 2.18. The van der Waals surface area contributed by atoms with Crippen LogP contribution in [0.4, 0.5) is 0 Å². The normalized spacial score (nSPS) is 13.3. The number of esters is 1. The Morgan fingerprint density at radius 2 is 1.93 bits per heavy atom. The third-order valence-electron chi connectivity index (χ3n) is 4.34. The van der Waals surface area contributed by atoms with E-state index in [0.717, 1.165) is 5.56 Å². The lowest BCUT2D eigenvalue weighted by Gasteiger charge is -2.17. The molecule has 28 heavy (non-hydrogen) atoms. The highest BCUT2D eigenvalue weighted by molar-refractivity contribution is 7.99. The maximum absolute atomic E-state index is 13.0. The van der Waals surface area contributed by atoms with E-state index < -0.39 is 12.1 Å². The predicted octanol–water partition coefficient (Wildman–Crippen LogP) is 3.42. The van der Waals surface area contributed by atoms with Crippen LogP contribution >= 0.6 is 11.8 Å². The number of ether oxygens (including phenoxy) is 1. The number of hydrogen-bond donors (Lipinski definition) is 1. The molecule has 6 nitrogen and oxygen atoms in total. The van der Waals surface area contributed by atoms with Gasteiger partial charge in [-0.15, -0.1) is 0 Å². The summed E-state index contributed by atoms with van der Waals surface area (Å²) in [7, 11) is 1.31. The first kappa shape index (κ1) is 20.1. The van der Waals surface area contributed by atoms with E-state index in [0.29, 0.717) is 21.6 Å². The van der Waals surface area contributed by atoms with Gasteiger partial charge in [0.05, 0.1) is 36.2 Å². The van der Waals surface area contributed by atoms with Gasteiger partial charge in [0.2, 0.25) is 0 Å². The van der Waals surface area contributed by atoms with Gasteiger partial charge in [0, 0.05) is 5.25 Å². The average Bonchev–Trinajstić information content (AvgIpc) is 2.70. The summed E-state index contributed by atoms with van der Waals surface area (Å²) in [5, 5.41) is 10.8. The van der Waals surface area contributed by atoms with Gasteiger partial charge in [0.15, 0.2) is 5.16 Å². The molecule has 0 amide bonds. The molecule has 0 spiro atoms. The van der Waals surface area contributed by atoms with Crippen molar-refractivity contribution < 1.29 is 14.6 Å². The molecule has 146 valence electrons. The van der Waals surface area contributed by atoms with Gasteiger partial charge in [-0.1, -0.05) is 42.1 Å². The molecule has 0 aliphatic carbocycles. The van der Waals surface area contributed by atoms with E-state index in [1.54, 1.807) is 25.1 Å². The van der Waals surface area contributed by atoms with Gasteiger partial charge in [0.1, 0.15) is 0 Å². The summed E-state index contributed by atoms with van der Waals surface area (Å²) in [6.07, 6.45) is -0.697. The van der Waals surface area contributed by atoms with E-state index in [1.165, 1.54) is 23.4 Å². The summed E-state index contributed by atoms with van der Waals surface area (Å²) in [4.78, 5) is 29.5. The largest absolute Gasteiger partial charge is 0.465 e. The lowest BCUT2D eigenvalue weighted by atomic mass is 10.1. The van der Waals surface area contributed by atoms with Crippen LogP contribution in [0.2, 0.25) is 0 Å². The Morgan fingerprint density at radius 1 is 1.21 bits per heavy atom. The number of carbonyl (C=O) groups excluding carboxylic acids is 1. The van der Waals surface area contributed by atoms with Gasteiger partial charge in [-0.3, -0.25) is 9.36 Å². The van der Waals surface area contributed by atoms with Gasteiger partial charge < -0.3 is 9.84 Å². The highest BCUT2D eigenvalue weighted by atomic mass is 32.2. The zero-order valence-electron chi connectivity index (χ0n) is 16.0. The average molecular weight is 398 g/mol. The maximum Gasteiger partial charge on any atom is 0.337 e. The SMILES string of the molecule is COC(=O)c1ccc2c(=O)n(C[C@@H](C)O)c(S[C@H](C)c3ccccc3)nc2c1. The molecular formula is C21H22N2O4S. The molecule has 1 heterocycles. The quantitative estimate of drug-likeness (QED) is 0.389. The predicted molar refractivity (Wildman–Crippen MR) is 110 cm³/mol. The molecule has 0 aliphatic heterocycles. The van der Waals surface area contributed by atoms with E-state index in [9.17, 15) is 14.7 Å². The van der Waals surface area contributed by atoms with E-state index >= 15 is 0 Å². The van der Waals surface area contributed by atoms with Gasteiger partial charge in [-0.2, -0.15) is 0 Å². The lowest BCUT2D eigenvalue weighted by molar-refractivity contribution is 0.0601. The van der Waals surface area contributed by atoms with Crippen LogP contribution in [-0.4, -0.2) is 33.8 Å². The Bertz CT molecular complexity index is 1050. The van der Waals surface area contributed by atoms with E-state index in [-0.39, 0.29) is 17.4 Å². The summed E-state index contributed by atoms with van der Waals surface area (Å²) in [6, 6.07) is 14.6. The molecule has 0 bridgehead atoms. The summed E-state index contributed by atoms with van der Waals surface area (Å²) in [5.74, 6) is -0.483. The first-order chi connectivity index (χ1) is 13.4. The molecule has 0 fully saturated rings. The fourth-order valence-corrected chi connectivity index (χ4v) is 3.96. The van der Waals surface area contributed by atoms with Crippen molar-refractivity contribution in [1.82, 2.24) is 9.55 Å². The van der Waals surface area contributed by atoms with Crippen molar-refractivity contribution in [2.75, 3.05) is 7.11 Å². The van der Waals surface area contributed by atoms with Gasteiger partial charge >= 0.3 is 5.97 Å². The van der Waals surface area contributed by atoms with Crippen LogP contribution < -0.4 is 5.56 Å². The number of carbonyl (C=O) groups is 1. The van der Waals surface area contributed by atoms with Crippen LogP contribution in [0.5, 0.6) is 0 Å². The van der Waals surface area contributed by atoms with Crippen LogP contribution in [0.1, 0.15) is 35.0 Å². The third kappa shape index (κ3) is 4.26. The molecule has 1 aromatic heterocycles. The Morgan fingerprint density at radius 3 is 2.57 bits per heavy atom. The molecule has 1 N–H and O–H groups in total. The minimum atomic E-state index is -0.697. The summed E-state index contributed by atoms with van der Waals surface area (Å²) in [6.45, 7) is 3.81. The lowest BCUT2D eigenvalue weighted by Crippen LogP contribution is -2.28. The number of rotatable bonds is 6. The summed E-state index contributed by atoms with van der Waals surface area (Å²) < 4.78 is 6.25. The van der Waals surface area contributed by atoms with Crippen molar-refractivity contribution in [1.29, 1.82) is 0 Å². The number of aromatic nitrogens is 2. The fraction of sp³-hybridized carbons (Fsp3) is 0.286. The van der Waals surface area contributed by atoms with Crippen molar-refractivity contribution in [3.63, 3.8) is 0 Å². The zero-order valence-corrected chi connectivity index (χ0v) is 16.8. The smallest absolute Gasteiger partial charge is 0.337 e. The van der Waals surface area contributed by atoms with E-state index in [2.05, 4.69) is 4.98 Å². The van der Waals surface area contributed by atoms with Gasteiger partial charge in [-0.05, 0) is 37.6 Å². The van der Waals surface area contributed by atoms with Crippen molar-refractivity contribution in [3.8, 4) is 0 Å². The topological polar surface area (TPSA) is 81.4 Å². The third-order valence-corrected chi connectivity index (χ3v) is 5.49. The Labute approximate surface area is 167 Å². The first-order valence-electron chi connectivity index (χ1n) is 8.93. The monoisotopic (exact) mass is 398 g/mol. The van der Waals surface area contributed by atoms with Gasteiger partial charge in [-0.25, -0.2) is 9.78 Å². The molecule has 2 aromatic carbocycles. The van der Waals surface area contributed by atoms with E-state index in [1.807, 2.05) is 37.3 Å². The van der Waals surface area contributed by atoms with Crippen molar-refractivity contribution >= 4 is 28.6 Å². The molecule has 3 rings (SSSR count). The second-order valence-corrected chi connectivity index (χ2v) is 7.86. The number of methoxy groups -OCH3 is 1. The van der Waals surface area contributed by atoms with Crippen LogP contribution in [0.15, 0.2) is 58.5 Å². The summed E-state index contributed by atoms with van der Waals surface area (Å²) >= 11 is 1.44. The molecule has 7 heteroatoms. The molecule has 0 unspecified atom stereocenters. The number of aliphatic hydroxyl groups excluding tert-OH is 1. The van der Waals surface area contributed by atoms with E-state index in [4.69, 9.17) is 4.74 Å². The minimum Gasteiger partial charge on any atom is -0.465 e. The zero-order chi connectivity index (χ0) is 20.3. The number of thioether (sulfide) groups is 1. The Balaban J connectivity index is 2.11. The number of fused-ring (bicyclic) bond motifs is 1. The van der Waals surface area contributed by atoms with Crippen LogP contribution in [-0.2, 0) is 11.3 Å². The minimum absolute atomic E-state index is 0.0505. The number of benzene rings is 2.